The van der Waals surface area contributed by atoms with Gasteiger partial charge in [-0.15, -0.1) is 12.4 Å². The predicted molar refractivity (Wildman–Crippen MR) is 101 cm³/mol. The van der Waals surface area contributed by atoms with Crippen molar-refractivity contribution >= 4 is 36.2 Å². The SMILES string of the molecule is CNC(C)Cc1noc(/C=C/c2ccc(N3CCCC3=O)cc2)n1.Cl. The molecule has 1 fully saturated rings. The predicted octanol–water partition coefficient (Wildman–Crippen LogP) is 2.94. The first-order valence-corrected chi connectivity index (χ1v) is 8.24. The Hall–Kier alpha value is -2.18. The summed E-state index contributed by atoms with van der Waals surface area (Å²) in [6.07, 6.45) is 6.04. The van der Waals surface area contributed by atoms with E-state index in [9.17, 15) is 4.79 Å². The third kappa shape index (κ3) is 4.90. The van der Waals surface area contributed by atoms with E-state index in [-0.39, 0.29) is 18.3 Å². The molecule has 1 aromatic carbocycles. The van der Waals surface area contributed by atoms with Crippen molar-refractivity contribution in [3.05, 3.63) is 41.5 Å². The van der Waals surface area contributed by atoms with Gasteiger partial charge >= 0.3 is 0 Å². The van der Waals surface area contributed by atoms with Crippen LogP contribution >= 0.6 is 12.4 Å². The Balaban J connectivity index is 0.00000225. The molecule has 1 atom stereocenters. The lowest BCUT2D eigenvalue weighted by Crippen LogP contribution is -2.24. The van der Waals surface area contributed by atoms with Gasteiger partial charge in [0.15, 0.2) is 5.82 Å². The molecule has 0 radical (unpaired) electrons. The van der Waals surface area contributed by atoms with Crippen molar-refractivity contribution in [2.75, 3.05) is 18.5 Å². The van der Waals surface area contributed by atoms with Crippen LogP contribution in [0.5, 0.6) is 0 Å². The molecule has 1 saturated heterocycles. The minimum absolute atomic E-state index is 0. The first kappa shape index (κ1) is 19.1. The first-order chi connectivity index (χ1) is 11.7. The highest BCUT2D eigenvalue weighted by Gasteiger charge is 2.21. The summed E-state index contributed by atoms with van der Waals surface area (Å²) in [4.78, 5) is 17.9. The van der Waals surface area contributed by atoms with Crippen molar-refractivity contribution in [1.29, 1.82) is 0 Å². The lowest BCUT2D eigenvalue weighted by atomic mass is 10.2. The molecule has 1 amide bonds. The van der Waals surface area contributed by atoms with Gasteiger partial charge < -0.3 is 14.7 Å². The monoisotopic (exact) mass is 362 g/mol. The molecule has 2 heterocycles. The molecule has 1 aliphatic heterocycles. The normalized spacial score (nSPS) is 15.6. The van der Waals surface area contributed by atoms with Crippen LogP contribution in [0.4, 0.5) is 5.69 Å². The molecule has 2 aromatic rings. The van der Waals surface area contributed by atoms with Gasteiger partial charge in [-0.05, 0) is 44.2 Å². The Morgan fingerprint density at radius 2 is 2.08 bits per heavy atom. The number of nitrogens with zero attached hydrogens (tertiary/aromatic N) is 3. The zero-order valence-corrected chi connectivity index (χ0v) is 15.3. The molecule has 1 N–H and O–H groups in total. The number of carbonyl (C=O) groups excluding carboxylic acids is 1. The lowest BCUT2D eigenvalue weighted by Gasteiger charge is -2.15. The second kappa shape index (κ2) is 8.78. The molecular weight excluding hydrogens is 340 g/mol. The molecule has 0 saturated carbocycles. The lowest BCUT2D eigenvalue weighted by molar-refractivity contribution is -0.117. The van der Waals surface area contributed by atoms with Crippen molar-refractivity contribution < 1.29 is 9.32 Å². The van der Waals surface area contributed by atoms with E-state index in [1.54, 1.807) is 6.08 Å². The van der Waals surface area contributed by atoms with Crippen LogP contribution in [-0.4, -0.2) is 35.7 Å². The molecule has 0 aliphatic carbocycles. The number of rotatable bonds is 6. The zero-order valence-electron chi connectivity index (χ0n) is 14.4. The van der Waals surface area contributed by atoms with Crippen LogP contribution in [0.15, 0.2) is 28.8 Å². The Bertz CT molecular complexity index is 727. The van der Waals surface area contributed by atoms with Gasteiger partial charge in [-0.2, -0.15) is 4.98 Å². The number of benzene rings is 1. The zero-order chi connectivity index (χ0) is 16.9. The fourth-order valence-electron chi connectivity index (χ4n) is 2.65. The number of halogens is 1. The Kier molecular flexibility index (Phi) is 6.73. The summed E-state index contributed by atoms with van der Waals surface area (Å²) < 4.78 is 5.22. The number of likely N-dealkylation sites (N-methyl/N-ethyl adjacent to an activating group) is 1. The quantitative estimate of drug-likeness (QED) is 0.855. The summed E-state index contributed by atoms with van der Waals surface area (Å²) in [5, 5.41) is 7.11. The van der Waals surface area contributed by atoms with Gasteiger partial charge in [0.05, 0.1) is 0 Å². The van der Waals surface area contributed by atoms with Crippen LogP contribution in [0, 0.1) is 0 Å². The standard InChI is InChI=1S/C18H22N4O2.ClH/c1-13(19-2)12-16-20-17(24-21-16)10-7-14-5-8-15(9-6-14)22-11-3-4-18(22)23;/h5-10,13,19H,3-4,11-12H2,1-2H3;1H/b10-7+;. The van der Waals surface area contributed by atoms with Crippen LogP contribution in [0.25, 0.3) is 12.2 Å². The summed E-state index contributed by atoms with van der Waals surface area (Å²) >= 11 is 0. The number of nitrogens with one attached hydrogen (secondary N) is 1. The van der Waals surface area contributed by atoms with Gasteiger partial charge in [-0.1, -0.05) is 17.3 Å². The van der Waals surface area contributed by atoms with Crippen molar-refractivity contribution in [3.63, 3.8) is 0 Å². The molecule has 6 nitrogen and oxygen atoms in total. The largest absolute Gasteiger partial charge is 0.335 e. The van der Waals surface area contributed by atoms with Gasteiger partial charge in [-0.3, -0.25) is 4.79 Å². The van der Waals surface area contributed by atoms with E-state index in [4.69, 9.17) is 4.52 Å². The number of amides is 1. The highest BCUT2D eigenvalue weighted by atomic mass is 35.5. The molecule has 25 heavy (non-hydrogen) atoms. The van der Waals surface area contributed by atoms with E-state index in [1.165, 1.54) is 0 Å². The van der Waals surface area contributed by atoms with E-state index in [0.717, 1.165) is 30.6 Å². The van der Waals surface area contributed by atoms with E-state index < -0.39 is 0 Å². The van der Waals surface area contributed by atoms with E-state index in [0.29, 0.717) is 24.2 Å². The number of carbonyl (C=O) groups is 1. The van der Waals surface area contributed by atoms with Crippen LogP contribution in [0.1, 0.15) is 37.0 Å². The summed E-state index contributed by atoms with van der Waals surface area (Å²) in [6, 6.07) is 8.21. The Labute approximate surface area is 153 Å². The first-order valence-electron chi connectivity index (χ1n) is 8.24. The van der Waals surface area contributed by atoms with Gasteiger partial charge in [0.25, 0.3) is 5.89 Å². The topological polar surface area (TPSA) is 71.3 Å². The van der Waals surface area contributed by atoms with Crippen molar-refractivity contribution in [2.24, 2.45) is 0 Å². The second-order valence-electron chi connectivity index (χ2n) is 6.02. The molecule has 1 unspecified atom stereocenters. The molecule has 1 aliphatic rings. The summed E-state index contributed by atoms with van der Waals surface area (Å²) in [7, 11) is 1.91. The Morgan fingerprint density at radius 1 is 1.32 bits per heavy atom. The summed E-state index contributed by atoms with van der Waals surface area (Å²) in [6.45, 7) is 2.88. The highest BCUT2D eigenvalue weighted by Crippen LogP contribution is 2.22. The van der Waals surface area contributed by atoms with Crippen LogP contribution in [0.3, 0.4) is 0 Å². The maximum Gasteiger partial charge on any atom is 0.250 e. The van der Waals surface area contributed by atoms with Gasteiger partial charge in [-0.25, -0.2) is 0 Å². The van der Waals surface area contributed by atoms with Crippen LogP contribution in [0.2, 0.25) is 0 Å². The minimum Gasteiger partial charge on any atom is -0.335 e. The van der Waals surface area contributed by atoms with E-state index in [1.807, 2.05) is 42.3 Å². The van der Waals surface area contributed by atoms with Gasteiger partial charge in [0.2, 0.25) is 5.91 Å². The third-order valence-electron chi connectivity index (χ3n) is 4.16. The van der Waals surface area contributed by atoms with Crippen molar-refractivity contribution in [3.8, 4) is 0 Å². The minimum atomic E-state index is 0. The second-order valence-corrected chi connectivity index (χ2v) is 6.02. The highest BCUT2D eigenvalue weighted by molar-refractivity contribution is 5.95. The fourth-order valence-corrected chi connectivity index (χ4v) is 2.65. The van der Waals surface area contributed by atoms with E-state index >= 15 is 0 Å². The van der Waals surface area contributed by atoms with Gasteiger partial charge in [0.1, 0.15) is 0 Å². The summed E-state index contributed by atoms with van der Waals surface area (Å²) in [5.41, 5.74) is 1.98. The van der Waals surface area contributed by atoms with Crippen molar-refractivity contribution in [2.45, 2.75) is 32.2 Å². The number of aromatic nitrogens is 2. The molecule has 3 rings (SSSR count). The smallest absolute Gasteiger partial charge is 0.250 e. The van der Waals surface area contributed by atoms with E-state index in [2.05, 4.69) is 22.4 Å². The summed E-state index contributed by atoms with van der Waals surface area (Å²) in [5.74, 6) is 1.39. The van der Waals surface area contributed by atoms with Crippen LogP contribution < -0.4 is 10.2 Å². The maximum absolute atomic E-state index is 11.8. The molecular formula is C18H23ClN4O2. The molecule has 134 valence electrons. The number of hydrogen-bond donors (Lipinski definition) is 1. The van der Waals surface area contributed by atoms with Crippen LogP contribution in [-0.2, 0) is 11.2 Å². The maximum atomic E-state index is 11.8. The average molecular weight is 363 g/mol. The Morgan fingerprint density at radius 3 is 2.72 bits per heavy atom. The number of hydrogen-bond acceptors (Lipinski definition) is 5. The average Bonchev–Trinajstić information content (AvgIpc) is 3.22. The fraction of sp³-hybridized carbons (Fsp3) is 0.389. The molecule has 7 heteroatoms. The number of anilines is 1. The molecule has 0 spiro atoms. The third-order valence-corrected chi connectivity index (χ3v) is 4.16. The molecule has 0 bridgehead atoms. The van der Waals surface area contributed by atoms with Gasteiger partial charge in [0, 0.05) is 37.2 Å². The van der Waals surface area contributed by atoms with Crippen molar-refractivity contribution in [1.82, 2.24) is 15.5 Å². The molecule has 1 aromatic heterocycles.